The average Bonchev–Trinajstić information content (AvgIpc) is 3.38. The number of nitrogens with one attached hydrogen (secondary N) is 1. The molecule has 0 radical (unpaired) electrons. The van der Waals surface area contributed by atoms with Crippen molar-refractivity contribution < 1.29 is 36.8 Å². The van der Waals surface area contributed by atoms with Gasteiger partial charge in [-0.05, 0) is 12.1 Å². The first kappa shape index (κ1) is 23.4. The molecular formula is C20H18F4N6O4. The highest BCUT2D eigenvalue weighted by molar-refractivity contribution is 5.93. The highest BCUT2D eigenvalue weighted by Gasteiger charge is 2.37. The largest absolute Gasteiger partial charge is 0.435 e. The number of carbonyl (C=O) groups excluding carboxylic acids is 2. The van der Waals surface area contributed by atoms with Crippen molar-refractivity contribution in [2.75, 3.05) is 13.1 Å². The summed E-state index contributed by atoms with van der Waals surface area (Å²) in [7, 11) is 1.17. The zero-order valence-electron chi connectivity index (χ0n) is 17.6. The van der Waals surface area contributed by atoms with E-state index in [1.807, 2.05) is 0 Å². The Morgan fingerprint density at radius 3 is 2.65 bits per heavy atom. The number of rotatable bonds is 6. The number of aromatic nitrogens is 4. The number of aryl methyl sites for hydroxylation is 1. The van der Waals surface area contributed by atoms with Crippen LogP contribution in [-0.2, 0) is 18.0 Å². The molecule has 1 aliphatic heterocycles. The van der Waals surface area contributed by atoms with E-state index in [2.05, 4.69) is 20.6 Å². The molecule has 1 saturated heterocycles. The lowest BCUT2D eigenvalue weighted by Gasteiger charge is -2.36. The highest BCUT2D eigenvalue weighted by atomic mass is 19.4. The molecule has 3 heterocycles. The number of hydrogen-bond acceptors (Lipinski definition) is 7. The highest BCUT2D eigenvalue weighted by Crippen LogP contribution is 2.29. The summed E-state index contributed by atoms with van der Waals surface area (Å²) in [5.41, 5.74) is -1.39. The van der Waals surface area contributed by atoms with Gasteiger partial charge >= 0.3 is 6.18 Å². The van der Waals surface area contributed by atoms with E-state index in [9.17, 15) is 32.3 Å². The Morgan fingerprint density at radius 1 is 1.29 bits per heavy atom. The van der Waals surface area contributed by atoms with Crippen LogP contribution in [0.25, 0.3) is 11.4 Å². The molecule has 3 aromatic rings. The predicted molar refractivity (Wildman–Crippen MR) is 105 cm³/mol. The molecule has 1 aliphatic rings. The van der Waals surface area contributed by atoms with Crippen LogP contribution in [0.4, 0.5) is 17.6 Å². The normalized spacial score (nSPS) is 15.2. The molecule has 2 aromatic heterocycles. The second-order valence-corrected chi connectivity index (χ2v) is 7.69. The van der Waals surface area contributed by atoms with Gasteiger partial charge < -0.3 is 19.8 Å². The second-order valence-electron chi connectivity index (χ2n) is 7.69. The Balaban J connectivity index is 1.59. The van der Waals surface area contributed by atoms with Gasteiger partial charge in [0, 0.05) is 31.8 Å². The second kappa shape index (κ2) is 8.85. The van der Waals surface area contributed by atoms with E-state index < -0.39 is 47.3 Å². The Kier molecular flexibility index (Phi) is 6.08. The molecule has 1 fully saturated rings. The van der Waals surface area contributed by atoms with Crippen LogP contribution < -0.4 is 5.32 Å². The van der Waals surface area contributed by atoms with Crippen molar-refractivity contribution in [3.8, 4) is 11.4 Å². The lowest BCUT2D eigenvalue weighted by Crippen LogP contribution is -2.54. The van der Waals surface area contributed by atoms with Crippen molar-refractivity contribution in [1.29, 1.82) is 0 Å². The quantitative estimate of drug-likeness (QED) is 0.512. The van der Waals surface area contributed by atoms with E-state index in [1.54, 1.807) is 0 Å². The Morgan fingerprint density at radius 2 is 2.03 bits per heavy atom. The summed E-state index contributed by atoms with van der Waals surface area (Å²) in [5, 5.41) is 18.9. The number of alkyl halides is 3. The van der Waals surface area contributed by atoms with Crippen molar-refractivity contribution in [3.05, 3.63) is 53.4 Å². The number of halogens is 4. The minimum atomic E-state index is -4.75. The van der Waals surface area contributed by atoms with Gasteiger partial charge in [0.2, 0.25) is 17.6 Å². The molecule has 180 valence electrons. The van der Waals surface area contributed by atoms with E-state index in [-0.39, 0.29) is 36.8 Å². The van der Waals surface area contributed by atoms with E-state index in [0.29, 0.717) is 6.07 Å². The van der Waals surface area contributed by atoms with Crippen molar-refractivity contribution in [3.63, 3.8) is 0 Å². The zero-order chi connectivity index (χ0) is 24.6. The summed E-state index contributed by atoms with van der Waals surface area (Å²) in [6, 6.07) is 4.69. The van der Waals surface area contributed by atoms with Crippen LogP contribution in [0.1, 0.15) is 34.5 Å². The molecule has 34 heavy (non-hydrogen) atoms. The summed E-state index contributed by atoms with van der Waals surface area (Å²) < 4.78 is 58.4. The maximum atomic E-state index is 13.5. The van der Waals surface area contributed by atoms with Crippen LogP contribution >= 0.6 is 0 Å². The van der Waals surface area contributed by atoms with E-state index >= 15 is 0 Å². The van der Waals surface area contributed by atoms with Gasteiger partial charge in [-0.1, -0.05) is 17.3 Å². The standard InChI is InChI=1S/C20H18F4N6O4/c1-29-14(7-15(27-29)20(22,23)24)18(33)25-13(6-16(32)30-8-12(31)9-30)19-26-17(28-34-19)10-3-2-4-11(21)5-10/h2-5,7,12-13,31H,6,8-9H2,1H3,(H,25,33). The van der Waals surface area contributed by atoms with Gasteiger partial charge in [-0.15, -0.1) is 0 Å². The topological polar surface area (TPSA) is 126 Å². The van der Waals surface area contributed by atoms with Crippen LogP contribution in [0, 0.1) is 5.82 Å². The van der Waals surface area contributed by atoms with E-state index in [4.69, 9.17) is 4.52 Å². The molecule has 0 spiro atoms. The molecule has 10 nitrogen and oxygen atoms in total. The summed E-state index contributed by atoms with van der Waals surface area (Å²) in [6.45, 7) is 0.211. The Bertz CT molecular complexity index is 1220. The van der Waals surface area contributed by atoms with Crippen molar-refractivity contribution in [2.24, 2.45) is 7.05 Å². The summed E-state index contributed by atoms with van der Waals surface area (Å²) in [5.74, 6) is -2.18. The first-order valence-electron chi connectivity index (χ1n) is 9.98. The Hall–Kier alpha value is -3.81. The third kappa shape index (κ3) is 4.90. The average molecular weight is 482 g/mol. The number of nitrogens with zero attached hydrogens (tertiary/aromatic N) is 5. The molecule has 1 atom stereocenters. The number of aliphatic hydroxyl groups is 1. The van der Waals surface area contributed by atoms with Gasteiger partial charge in [0.05, 0.1) is 12.5 Å². The van der Waals surface area contributed by atoms with Crippen LogP contribution in [0.5, 0.6) is 0 Å². The first-order valence-corrected chi connectivity index (χ1v) is 9.98. The molecule has 4 rings (SSSR count). The number of β-amino-alcohol motifs (C(OH)–C–C–N with tert-alkyl or cyclic N) is 1. The van der Waals surface area contributed by atoms with Gasteiger partial charge in [0.25, 0.3) is 5.91 Å². The monoisotopic (exact) mass is 482 g/mol. The number of hydrogen-bond donors (Lipinski definition) is 2. The van der Waals surface area contributed by atoms with Gasteiger partial charge in [-0.2, -0.15) is 23.3 Å². The van der Waals surface area contributed by atoms with Crippen LogP contribution in [0.2, 0.25) is 0 Å². The summed E-state index contributed by atoms with van der Waals surface area (Å²) in [4.78, 5) is 30.8. The number of aliphatic hydroxyl groups excluding tert-OH is 1. The SMILES string of the molecule is Cn1nc(C(F)(F)F)cc1C(=O)NC(CC(=O)N1CC(O)C1)c1nc(-c2cccc(F)c2)no1. The maximum absolute atomic E-state index is 13.5. The molecule has 1 unspecified atom stereocenters. The van der Waals surface area contributed by atoms with Gasteiger partial charge in [0.1, 0.15) is 17.6 Å². The van der Waals surface area contributed by atoms with Crippen LogP contribution in [-0.4, -0.2) is 60.9 Å². The molecule has 0 aliphatic carbocycles. The molecule has 0 bridgehead atoms. The van der Waals surface area contributed by atoms with E-state index in [1.165, 1.54) is 30.1 Å². The lowest BCUT2D eigenvalue weighted by molar-refractivity contribution is -0.142. The minimum absolute atomic E-state index is 0.0135. The van der Waals surface area contributed by atoms with Crippen molar-refractivity contribution >= 4 is 11.8 Å². The molecule has 0 saturated carbocycles. The lowest BCUT2D eigenvalue weighted by atomic mass is 10.1. The summed E-state index contributed by atoms with van der Waals surface area (Å²) in [6.07, 6.45) is -5.78. The van der Waals surface area contributed by atoms with E-state index in [0.717, 1.165) is 10.7 Å². The molecule has 1 aromatic carbocycles. The van der Waals surface area contributed by atoms with Gasteiger partial charge in [0.15, 0.2) is 5.69 Å². The smallest absolute Gasteiger partial charge is 0.389 e. The molecule has 2 N–H and O–H groups in total. The first-order chi connectivity index (χ1) is 16.0. The fraction of sp³-hybridized carbons (Fsp3) is 0.350. The predicted octanol–water partition coefficient (Wildman–Crippen LogP) is 1.69. The Labute approximate surface area is 189 Å². The van der Waals surface area contributed by atoms with Crippen molar-refractivity contribution in [2.45, 2.75) is 24.7 Å². The fourth-order valence-electron chi connectivity index (χ4n) is 3.33. The third-order valence-corrected chi connectivity index (χ3v) is 5.12. The van der Waals surface area contributed by atoms with Crippen LogP contribution in [0.15, 0.2) is 34.9 Å². The third-order valence-electron chi connectivity index (χ3n) is 5.12. The molecular weight excluding hydrogens is 464 g/mol. The zero-order valence-corrected chi connectivity index (χ0v) is 17.6. The molecule has 2 amide bonds. The minimum Gasteiger partial charge on any atom is -0.389 e. The number of benzene rings is 1. The molecule has 14 heteroatoms. The number of amides is 2. The van der Waals surface area contributed by atoms with Gasteiger partial charge in [-0.3, -0.25) is 14.3 Å². The number of carbonyl (C=O) groups is 2. The van der Waals surface area contributed by atoms with Crippen LogP contribution in [0.3, 0.4) is 0 Å². The maximum Gasteiger partial charge on any atom is 0.435 e. The summed E-state index contributed by atoms with van der Waals surface area (Å²) >= 11 is 0. The fourth-order valence-corrected chi connectivity index (χ4v) is 3.33. The van der Waals surface area contributed by atoms with Crippen molar-refractivity contribution in [1.82, 2.24) is 30.1 Å². The van der Waals surface area contributed by atoms with Gasteiger partial charge in [-0.25, -0.2) is 4.39 Å². The number of likely N-dealkylation sites (tertiary alicyclic amines) is 1.